The van der Waals surface area contributed by atoms with E-state index >= 15 is 0 Å². The van der Waals surface area contributed by atoms with Crippen LogP contribution in [0.15, 0.2) is 29.8 Å². The maximum absolute atomic E-state index is 6.06. The molecule has 21 heavy (non-hydrogen) atoms. The van der Waals surface area contributed by atoms with Crippen LogP contribution in [-0.4, -0.2) is 26.9 Å². The number of benzene rings is 1. The molecule has 3 aromatic rings. The Balaban J connectivity index is 1.82. The molecule has 0 spiro atoms. The van der Waals surface area contributed by atoms with Gasteiger partial charge in [-0.25, -0.2) is 15.0 Å². The average Bonchev–Trinajstić information content (AvgIpc) is 2.92. The Kier molecular flexibility index (Phi) is 3.81. The molecule has 0 amide bonds. The number of aryl methyl sites for hydroxylation is 1. The van der Waals surface area contributed by atoms with Gasteiger partial charge in [0.15, 0.2) is 0 Å². The number of thiazole rings is 1. The minimum absolute atomic E-state index is 0.543. The number of rotatable bonds is 4. The predicted octanol–water partition coefficient (Wildman–Crippen LogP) is 2.61. The van der Waals surface area contributed by atoms with Gasteiger partial charge >= 0.3 is 0 Å². The van der Waals surface area contributed by atoms with Crippen molar-refractivity contribution in [2.24, 2.45) is 0 Å². The van der Waals surface area contributed by atoms with Crippen LogP contribution >= 0.6 is 11.3 Å². The van der Waals surface area contributed by atoms with Gasteiger partial charge in [-0.1, -0.05) is 11.6 Å². The van der Waals surface area contributed by atoms with E-state index in [1.165, 1.54) is 0 Å². The second-order valence-corrected chi connectivity index (χ2v) is 6.12. The molecule has 2 heterocycles. The lowest BCUT2D eigenvalue weighted by Gasteiger charge is -2.14. The average molecular weight is 299 g/mol. The summed E-state index contributed by atoms with van der Waals surface area (Å²) in [6.45, 7) is 3.47. The van der Waals surface area contributed by atoms with Crippen molar-refractivity contribution in [2.45, 2.75) is 20.0 Å². The lowest BCUT2D eigenvalue weighted by atomic mass is 10.1. The largest absolute Gasteiger partial charge is 0.383 e. The molecule has 0 fully saturated rings. The van der Waals surface area contributed by atoms with Gasteiger partial charge < -0.3 is 5.73 Å². The molecule has 0 unspecified atom stereocenters. The van der Waals surface area contributed by atoms with Gasteiger partial charge in [0.2, 0.25) is 0 Å². The van der Waals surface area contributed by atoms with E-state index in [4.69, 9.17) is 5.73 Å². The van der Waals surface area contributed by atoms with Gasteiger partial charge in [0, 0.05) is 17.0 Å². The van der Waals surface area contributed by atoms with E-state index in [0.717, 1.165) is 33.8 Å². The summed E-state index contributed by atoms with van der Waals surface area (Å²) in [5, 5.41) is 3.99. The zero-order valence-electron chi connectivity index (χ0n) is 12.1. The van der Waals surface area contributed by atoms with Crippen LogP contribution in [0.1, 0.15) is 16.4 Å². The molecule has 0 saturated heterocycles. The van der Waals surface area contributed by atoms with Crippen molar-refractivity contribution < 1.29 is 0 Å². The van der Waals surface area contributed by atoms with Gasteiger partial charge in [-0.15, -0.1) is 11.3 Å². The van der Waals surface area contributed by atoms with Crippen LogP contribution in [0.2, 0.25) is 0 Å². The van der Waals surface area contributed by atoms with Crippen molar-refractivity contribution in [3.05, 3.63) is 46.2 Å². The topological polar surface area (TPSA) is 67.9 Å². The lowest BCUT2D eigenvalue weighted by Crippen LogP contribution is -2.19. The summed E-state index contributed by atoms with van der Waals surface area (Å²) in [5.41, 5.74) is 8.11. The number of aromatic nitrogens is 3. The quantitative estimate of drug-likeness (QED) is 0.802. The van der Waals surface area contributed by atoms with Crippen molar-refractivity contribution in [3.63, 3.8) is 0 Å². The van der Waals surface area contributed by atoms with Crippen molar-refractivity contribution in [1.29, 1.82) is 0 Å². The molecular formula is C15H17N5S. The minimum atomic E-state index is 0.543. The van der Waals surface area contributed by atoms with E-state index < -0.39 is 0 Å². The summed E-state index contributed by atoms with van der Waals surface area (Å²) in [5.74, 6) is 1.28. The van der Waals surface area contributed by atoms with Gasteiger partial charge in [-0.3, -0.25) is 4.90 Å². The zero-order valence-corrected chi connectivity index (χ0v) is 12.9. The Morgan fingerprint density at radius 3 is 2.86 bits per heavy atom. The Morgan fingerprint density at radius 2 is 2.10 bits per heavy atom. The number of nitrogens with two attached hydrogens (primary N) is 1. The first-order chi connectivity index (χ1) is 10.1. The molecule has 2 N–H and O–H groups in total. The van der Waals surface area contributed by atoms with E-state index in [1.807, 2.05) is 43.7 Å². The maximum Gasteiger partial charge on any atom is 0.145 e. The molecule has 0 aliphatic carbocycles. The second kappa shape index (κ2) is 5.75. The molecule has 0 aliphatic rings. The molecule has 0 bridgehead atoms. The number of anilines is 1. The fraction of sp³-hybridized carbons (Fsp3) is 0.267. The minimum Gasteiger partial charge on any atom is -0.383 e. The first-order valence-corrected chi connectivity index (χ1v) is 7.59. The highest BCUT2D eigenvalue weighted by Gasteiger charge is 2.09. The molecule has 6 heteroatoms. The molecule has 2 aromatic heterocycles. The summed E-state index contributed by atoms with van der Waals surface area (Å²) in [6.07, 6.45) is 1.82. The van der Waals surface area contributed by atoms with Crippen LogP contribution in [0.5, 0.6) is 0 Å². The van der Waals surface area contributed by atoms with Gasteiger partial charge in [-0.05, 0) is 26.1 Å². The highest BCUT2D eigenvalue weighted by molar-refractivity contribution is 7.09. The first-order valence-electron chi connectivity index (χ1n) is 6.71. The van der Waals surface area contributed by atoms with Crippen LogP contribution in [0.25, 0.3) is 10.9 Å². The summed E-state index contributed by atoms with van der Waals surface area (Å²) in [7, 11) is 2.03. The molecule has 0 radical (unpaired) electrons. The fourth-order valence-corrected chi connectivity index (χ4v) is 2.94. The molecule has 0 aliphatic heterocycles. The van der Waals surface area contributed by atoms with Crippen LogP contribution in [0, 0.1) is 6.92 Å². The third-order valence-corrected chi connectivity index (χ3v) is 3.99. The molecule has 5 nitrogen and oxygen atoms in total. The molecule has 1 aromatic carbocycles. The van der Waals surface area contributed by atoms with E-state index in [9.17, 15) is 0 Å². The van der Waals surface area contributed by atoms with Crippen molar-refractivity contribution in [3.8, 4) is 0 Å². The van der Waals surface area contributed by atoms with Gasteiger partial charge in [0.1, 0.15) is 16.6 Å². The monoisotopic (exact) mass is 299 g/mol. The smallest absolute Gasteiger partial charge is 0.145 e. The van der Waals surface area contributed by atoms with Crippen LogP contribution in [0.3, 0.4) is 0 Å². The third-order valence-electron chi connectivity index (χ3n) is 3.23. The van der Waals surface area contributed by atoms with Crippen LogP contribution in [-0.2, 0) is 13.1 Å². The van der Waals surface area contributed by atoms with Crippen LogP contribution < -0.4 is 5.73 Å². The number of hydrogen-bond acceptors (Lipinski definition) is 6. The summed E-state index contributed by atoms with van der Waals surface area (Å²) in [6, 6.07) is 6.05. The predicted molar refractivity (Wildman–Crippen MR) is 86.0 cm³/mol. The summed E-state index contributed by atoms with van der Waals surface area (Å²) >= 11 is 1.65. The molecule has 0 atom stereocenters. The first kappa shape index (κ1) is 13.9. The SMILES string of the molecule is Cc1ccc2nc(CN(C)Cc3nccs3)nc(N)c2c1. The molecular weight excluding hydrogens is 282 g/mol. The van der Waals surface area contributed by atoms with E-state index in [1.54, 1.807) is 11.3 Å². The summed E-state index contributed by atoms with van der Waals surface area (Å²) in [4.78, 5) is 15.4. The Morgan fingerprint density at radius 1 is 1.24 bits per heavy atom. The molecule has 3 rings (SSSR count). The normalized spacial score (nSPS) is 11.4. The third kappa shape index (κ3) is 3.17. The van der Waals surface area contributed by atoms with Gasteiger partial charge in [0.05, 0.1) is 18.6 Å². The summed E-state index contributed by atoms with van der Waals surface area (Å²) < 4.78 is 0. The van der Waals surface area contributed by atoms with E-state index in [2.05, 4.69) is 19.9 Å². The number of hydrogen-bond donors (Lipinski definition) is 1. The number of nitrogens with zero attached hydrogens (tertiary/aromatic N) is 4. The second-order valence-electron chi connectivity index (χ2n) is 5.14. The van der Waals surface area contributed by atoms with Crippen molar-refractivity contribution >= 4 is 28.1 Å². The highest BCUT2D eigenvalue weighted by Crippen LogP contribution is 2.20. The zero-order chi connectivity index (χ0) is 14.8. The molecule has 0 saturated carbocycles. The van der Waals surface area contributed by atoms with Crippen molar-refractivity contribution in [2.75, 3.05) is 12.8 Å². The lowest BCUT2D eigenvalue weighted by molar-refractivity contribution is 0.310. The Bertz CT molecular complexity index is 754. The van der Waals surface area contributed by atoms with Crippen LogP contribution in [0.4, 0.5) is 5.82 Å². The Labute approximate surface area is 127 Å². The van der Waals surface area contributed by atoms with Gasteiger partial charge in [-0.2, -0.15) is 0 Å². The van der Waals surface area contributed by atoms with E-state index in [-0.39, 0.29) is 0 Å². The molecule has 108 valence electrons. The van der Waals surface area contributed by atoms with Gasteiger partial charge in [0.25, 0.3) is 0 Å². The number of nitrogen functional groups attached to an aromatic ring is 1. The highest BCUT2D eigenvalue weighted by atomic mass is 32.1. The Hall–Kier alpha value is -2.05. The van der Waals surface area contributed by atoms with E-state index in [0.29, 0.717) is 12.4 Å². The van der Waals surface area contributed by atoms with Crippen molar-refractivity contribution in [1.82, 2.24) is 19.9 Å². The standard InChI is InChI=1S/C15H17N5S/c1-10-3-4-12-11(7-10)15(16)19-13(18-12)8-20(2)9-14-17-5-6-21-14/h3-7H,8-9H2,1-2H3,(H2,16,18,19). The number of fused-ring (bicyclic) bond motifs is 1. The maximum atomic E-state index is 6.06. The fourth-order valence-electron chi connectivity index (χ4n) is 2.25.